The molecule has 0 fully saturated rings. The van der Waals surface area contributed by atoms with E-state index in [9.17, 15) is 9.90 Å². The van der Waals surface area contributed by atoms with Gasteiger partial charge >= 0.3 is 0 Å². The third kappa shape index (κ3) is 6.59. The standard InChI is InChI=1S/C14H20BrNO3/c1-10(2)13(17)9-14(18)16-7-8-19-12-5-3-11(15)4-6-12/h3-6,10,13,17H,7-9H2,1-2H3,(H,16,18). The third-order valence-corrected chi connectivity index (χ3v) is 3.20. The average Bonchev–Trinajstić information content (AvgIpc) is 2.36. The second kappa shape index (κ2) is 8.17. The van der Waals surface area contributed by atoms with Gasteiger partial charge in [-0.05, 0) is 30.2 Å². The van der Waals surface area contributed by atoms with Crippen molar-refractivity contribution in [1.29, 1.82) is 0 Å². The normalized spacial score (nSPS) is 12.3. The lowest BCUT2D eigenvalue weighted by Gasteiger charge is -2.14. The number of amides is 1. The molecule has 0 heterocycles. The highest BCUT2D eigenvalue weighted by atomic mass is 79.9. The molecule has 1 rings (SSSR count). The van der Waals surface area contributed by atoms with Crippen LogP contribution in [0.4, 0.5) is 0 Å². The molecule has 19 heavy (non-hydrogen) atoms. The molecule has 0 radical (unpaired) electrons. The largest absolute Gasteiger partial charge is 0.492 e. The van der Waals surface area contributed by atoms with E-state index in [4.69, 9.17) is 4.74 Å². The number of hydrogen-bond acceptors (Lipinski definition) is 3. The average molecular weight is 330 g/mol. The Morgan fingerprint density at radius 3 is 2.58 bits per heavy atom. The van der Waals surface area contributed by atoms with E-state index in [0.29, 0.717) is 13.2 Å². The Morgan fingerprint density at radius 1 is 1.37 bits per heavy atom. The molecule has 0 aliphatic heterocycles. The first-order valence-corrected chi connectivity index (χ1v) is 7.11. The third-order valence-electron chi connectivity index (χ3n) is 2.67. The van der Waals surface area contributed by atoms with E-state index in [2.05, 4.69) is 21.2 Å². The lowest BCUT2D eigenvalue weighted by molar-refractivity contribution is -0.123. The van der Waals surface area contributed by atoms with Gasteiger partial charge in [0.05, 0.1) is 19.1 Å². The van der Waals surface area contributed by atoms with Gasteiger partial charge in [0.25, 0.3) is 0 Å². The summed E-state index contributed by atoms with van der Waals surface area (Å²) < 4.78 is 6.46. The van der Waals surface area contributed by atoms with Crippen LogP contribution in [0.2, 0.25) is 0 Å². The molecule has 106 valence electrons. The summed E-state index contributed by atoms with van der Waals surface area (Å²) in [6.45, 7) is 4.61. The van der Waals surface area contributed by atoms with Crippen LogP contribution in [0, 0.1) is 5.92 Å². The van der Waals surface area contributed by atoms with Crippen molar-refractivity contribution in [1.82, 2.24) is 5.32 Å². The van der Waals surface area contributed by atoms with E-state index in [1.54, 1.807) is 0 Å². The van der Waals surface area contributed by atoms with E-state index in [1.165, 1.54) is 0 Å². The van der Waals surface area contributed by atoms with Crippen LogP contribution in [0.3, 0.4) is 0 Å². The van der Waals surface area contributed by atoms with Gasteiger partial charge in [0, 0.05) is 4.47 Å². The van der Waals surface area contributed by atoms with Gasteiger partial charge in [-0.2, -0.15) is 0 Å². The van der Waals surface area contributed by atoms with Gasteiger partial charge in [0.1, 0.15) is 12.4 Å². The lowest BCUT2D eigenvalue weighted by Crippen LogP contribution is -2.32. The molecule has 1 atom stereocenters. The van der Waals surface area contributed by atoms with Crippen LogP contribution in [-0.2, 0) is 4.79 Å². The Morgan fingerprint density at radius 2 is 2.00 bits per heavy atom. The minimum atomic E-state index is -0.590. The zero-order valence-electron chi connectivity index (χ0n) is 11.2. The Kier molecular flexibility index (Phi) is 6.87. The summed E-state index contributed by atoms with van der Waals surface area (Å²) >= 11 is 3.34. The predicted octanol–water partition coefficient (Wildman–Crippen LogP) is 2.35. The molecule has 1 amide bonds. The van der Waals surface area contributed by atoms with Crippen LogP contribution in [0.5, 0.6) is 5.75 Å². The van der Waals surface area contributed by atoms with Crippen LogP contribution in [0.15, 0.2) is 28.7 Å². The number of aliphatic hydroxyl groups excluding tert-OH is 1. The smallest absolute Gasteiger partial charge is 0.222 e. The molecule has 0 spiro atoms. The quantitative estimate of drug-likeness (QED) is 0.755. The summed E-state index contributed by atoms with van der Waals surface area (Å²) in [5, 5.41) is 12.3. The van der Waals surface area contributed by atoms with Crippen molar-refractivity contribution < 1.29 is 14.6 Å². The number of aliphatic hydroxyl groups is 1. The first-order chi connectivity index (χ1) is 8.99. The summed E-state index contributed by atoms with van der Waals surface area (Å²) in [4.78, 5) is 11.5. The van der Waals surface area contributed by atoms with Crippen LogP contribution < -0.4 is 10.1 Å². The zero-order chi connectivity index (χ0) is 14.3. The topological polar surface area (TPSA) is 58.6 Å². The number of halogens is 1. The van der Waals surface area contributed by atoms with Crippen molar-refractivity contribution in [3.63, 3.8) is 0 Å². The van der Waals surface area contributed by atoms with E-state index in [1.807, 2.05) is 38.1 Å². The Bertz CT molecular complexity index is 392. The Labute approximate surface area is 122 Å². The number of hydrogen-bond donors (Lipinski definition) is 2. The zero-order valence-corrected chi connectivity index (χ0v) is 12.8. The minimum Gasteiger partial charge on any atom is -0.492 e. The highest BCUT2D eigenvalue weighted by Crippen LogP contribution is 2.15. The molecule has 5 heteroatoms. The van der Waals surface area contributed by atoms with Crippen LogP contribution in [-0.4, -0.2) is 30.3 Å². The van der Waals surface area contributed by atoms with Crippen molar-refractivity contribution in [2.24, 2.45) is 5.92 Å². The maximum absolute atomic E-state index is 11.5. The van der Waals surface area contributed by atoms with Crippen molar-refractivity contribution in [2.75, 3.05) is 13.2 Å². The van der Waals surface area contributed by atoms with Gasteiger partial charge in [-0.3, -0.25) is 4.79 Å². The molecule has 1 aromatic carbocycles. The molecule has 0 aliphatic rings. The summed E-state index contributed by atoms with van der Waals surface area (Å²) in [6.07, 6.45) is -0.456. The summed E-state index contributed by atoms with van der Waals surface area (Å²) in [6, 6.07) is 7.50. The second-order valence-electron chi connectivity index (χ2n) is 4.67. The number of benzene rings is 1. The maximum Gasteiger partial charge on any atom is 0.222 e. The first kappa shape index (κ1) is 16.0. The second-order valence-corrected chi connectivity index (χ2v) is 5.58. The van der Waals surface area contributed by atoms with Gasteiger partial charge in [-0.1, -0.05) is 29.8 Å². The van der Waals surface area contributed by atoms with E-state index < -0.39 is 6.10 Å². The number of nitrogens with one attached hydrogen (secondary N) is 1. The molecule has 0 saturated carbocycles. The number of carbonyl (C=O) groups excluding carboxylic acids is 1. The minimum absolute atomic E-state index is 0.0877. The molecule has 1 aromatic rings. The summed E-state index contributed by atoms with van der Waals surface area (Å²) in [5.74, 6) is 0.699. The van der Waals surface area contributed by atoms with Crippen LogP contribution >= 0.6 is 15.9 Å². The molecule has 0 saturated heterocycles. The van der Waals surface area contributed by atoms with Gasteiger partial charge < -0.3 is 15.2 Å². The summed E-state index contributed by atoms with van der Waals surface area (Å²) in [7, 11) is 0. The van der Waals surface area contributed by atoms with E-state index in [0.717, 1.165) is 10.2 Å². The van der Waals surface area contributed by atoms with Gasteiger partial charge in [-0.15, -0.1) is 0 Å². The predicted molar refractivity (Wildman–Crippen MR) is 78.1 cm³/mol. The van der Waals surface area contributed by atoms with Crippen LogP contribution in [0.1, 0.15) is 20.3 Å². The molecular formula is C14H20BrNO3. The molecule has 4 nitrogen and oxygen atoms in total. The first-order valence-electron chi connectivity index (χ1n) is 6.32. The van der Waals surface area contributed by atoms with Gasteiger partial charge in [0.2, 0.25) is 5.91 Å². The Balaban J connectivity index is 2.17. The van der Waals surface area contributed by atoms with Gasteiger partial charge in [-0.25, -0.2) is 0 Å². The fourth-order valence-electron chi connectivity index (χ4n) is 1.39. The van der Waals surface area contributed by atoms with Crippen molar-refractivity contribution in [3.05, 3.63) is 28.7 Å². The van der Waals surface area contributed by atoms with Crippen molar-refractivity contribution in [3.8, 4) is 5.75 Å². The monoisotopic (exact) mass is 329 g/mol. The number of rotatable bonds is 7. The fraction of sp³-hybridized carbons (Fsp3) is 0.500. The van der Waals surface area contributed by atoms with Crippen LogP contribution in [0.25, 0.3) is 0 Å². The van der Waals surface area contributed by atoms with E-state index >= 15 is 0 Å². The molecule has 1 unspecified atom stereocenters. The molecule has 2 N–H and O–H groups in total. The Hall–Kier alpha value is -1.07. The van der Waals surface area contributed by atoms with E-state index in [-0.39, 0.29) is 18.2 Å². The highest BCUT2D eigenvalue weighted by Gasteiger charge is 2.13. The summed E-state index contributed by atoms with van der Waals surface area (Å²) in [5.41, 5.74) is 0. The molecule has 0 aliphatic carbocycles. The molecule has 0 aromatic heterocycles. The van der Waals surface area contributed by atoms with Crippen molar-refractivity contribution >= 4 is 21.8 Å². The number of ether oxygens (including phenoxy) is 1. The lowest BCUT2D eigenvalue weighted by atomic mass is 10.0. The SMILES string of the molecule is CC(C)C(O)CC(=O)NCCOc1ccc(Br)cc1. The van der Waals surface area contributed by atoms with Gasteiger partial charge in [0.15, 0.2) is 0 Å². The van der Waals surface area contributed by atoms with Crippen molar-refractivity contribution in [2.45, 2.75) is 26.4 Å². The molecule has 0 bridgehead atoms. The highest BCUT2D eigenvalue weighted by molar-refractivity contribution is 9.10. The number of carbonyl (C=O) groups is 1. The molecular weight excluding hydrogens is 310 g/mol. The maximum atomic E-state index is 11.5. The fourth-order valence-corrected chi connectivity index (χ4v) is 1.65.